The number of thioether (sulfide) groups is 1. The zero-order chi connectivity index (χ0) is 21.6. The van der Waals surface area contributed by atoms with Crippen LogP contribution < -0.4 is 10.9 Å². The molecule has 3 heterocycles. The van der Waals surface area contributed by atoms with Gasteiger partial charge in [0.2, 0.25) is 5.91 Å². The van der Waals surface area contributed by atoms with Gasteiger partial charge in [-0.3, -0.25) is 14.2 Å². The van der Waals surface area contributed by atoms with E-state index in [9.17, 15) is 9.59 Å². The van der Waals surface area contributed by atoms with E-state index in [1.807, 2.05) is 14.1 Å². The van der Waals surface area contributed by atoms with Gasteiger partial charge in [-0.05, 0) is 30.6 Å². The van der Waals surface area contributed by atoms with Crippen molar-refractivity contribution < 1.29 is 4.79 Å². The molecule has 0 saturated carbocycles. The van der Waals surface area contributed by atoms with Crippen LogP contribution in [0.4, 0.5) is 5.69 Å². The van der Waals surface area contributed by atoms with Gasteiger partial charge in [0.1, 0.15) is 10.2 Å². The summed E-state index contributed by atoms with van der Waals surface area (Å²) in [7, 11) is 4.05. The topological polar surface area (TPSA) is 67.2 Å². The normalized spacial score (nSPS) is 15.3. The van der Waals surface area contributed by atoms with Crippen molar-refractivity contribution in [2.45, 2.75) is 43.0 Å². The van der Waals surface area contributed by atoms with E-state index in [1.54, 1.807) is 10.9 Å². The Labute approximate surface area is 184 Å². The number of fused-ring (bicyclic) bond motifs is 3. The molecule has 30 heavy (non-hydrogen) atoms. The minimum absolute atomic E-state index is 0.0413. The first-order chi connectivity index (χ1) is 14.1. The van der Waals surface area contributed by atoms with Crippen molar-refractivity contribution in [2.24, 2.45) is 0 Å². The van der Waals surface area contributed by atoms with Crippen molar-refractivity contribution in [3.05, 3.63) is 52.1 Å². The fourth-order valence-electron chi connectivity index (χ4n) is 3.59. The van der Waals surface area contributed by atoms with Crippen LogP contribution in [0.5, 0.6) is 0 Å². The van der Waals surface area contributed by atoms with E-state index in [-0.39, 0.29) is 22.9 Å². The molecule has 0 bridgehead atoms. The maximum absolute atomic E-state index is 13.2. The van der Waals surface area contributed by atoms with Crippen LogP contribution in [0.1, 0.15) is 37.9 Å². The second-order valence-electron chi connectivity index (χ2n) is 8.83. The standard InChI is InChI=1S/C22H26N4O2S2/c1-22(2,3)14-8-6-13(7-9-14)15(25(4)5)10-26-12-23-17-18-21(29-11-16(27)24-18)30-19(17)20(26)28/h6-9,12,15H,10-11H2,1-5H3,(H,24,27)/t15-/m1/s1. The van der Waals surface area contributed by atoms with Gasteiger partial charge in [-0.2, -0.15) is 0 Å². The SMILES string of the molecule is CN(C)[C@H](Cn1cnc2c3c(sc2c1=O)SCC(=O)N3)c1ccc(C(C)(C)C)cc1. The fourth-order valence-corrected chi connectivity index (χ4v) is 5.77. The number of nitrogens with one attached hydrogen (secondary N) is 1. The first-order valence-electron chi connectivity index (χ1n) is 9.86. The van der Waals surface area contributed by atoms with E-state index in [1.165, 1.54) is 28.7 Å². The molecule has 0 aliphatic carbocycles. The van der Waals surface area contributed by atoms with Crippen molar-refractivity contribution in [1.29, 1.82) is 0 Å². The highest BCUT2D eigenvalue weighted by molar-refractivity contribution is 8.02. The second-order valence-corrected chi connectivity index (χ2v) is 11.1. The van der Waals surface area contributed by atoms with Gasteiger partial charge in [0.05, 0.1) is 28.0 Å². The molecule has 1 aromatic carbocycles. The van der Waals surface area contributed by atoms with Gasteiger partial charge < -0.3 is 10.2 Å². The van der Waals surface area contributed by atoms with Gasteiger partial charge in [-0.1, -0.05) is 45.0 Å². The van der Waals surface area contributed by atoms with E-state index in [4.69, 9.17) is 0 Å². The summed E-state index contributed by atoms with van der Waals surface area (Å²) < 4.78 is 3.23. The average Bonchev–Trinajstić information content (AvgIpc) is 3.05. The minimum atomic E-state index is -0.0626. The second kappa shape index (κ2) is 7.83. The molecule has 0 radical (unpaired) electrons. The molecule has 0 spiro atoms. The van der Waals surface area contributed by atoms with E-state index in [0.717, 1.165) is 9.77 Å². The number of aromatic nitrogens is 2. The summed E-state index contributed by atoms with van der Waals surface area (Å²) in [5.41, 5.74) is 3.76. The summed E-state index contributed by atoms with van der Waals surface area (Å²) in [6.07, 6.45) is 1.60. The number of nitrogens with zero attached hydrogens (tertiary/aromatic N) is 3. The molecule has 1 amide bonds. The molecule has 158 valence electrons. The third-order valence-corrected chi connectivity index (χ3v) is 7.82. The number of likely N-dealkylation sites (N-methyl/N-ethyl adjacent to an activating group) is 1. The Bertz CT molecular complexity index is 1160. The zero-order valence-corrected chi connectivity index (χ0v) is 19.5. The monoisotopic (exact) mass is 442 g/mol. The largest absolute Gasteiger partial charge is 0.322 e. The maximum atomic E-state index is 13.2. The van der Waals surface area contributed by atoms with Crippen molar-refractivity contribution in [3.8, 4) is 0 Å². The molecular formula is C22H26N4O2S2. The van der Waals surface area contributed by atoms with Crippen molar-refractivity contribution in [1.82, 2.24) is 14.5 Å². The van der Waals surface area contributed by atoms with Crippen LogP contribution in [0.25, 0.3) is 10.2 Å². The molecule has 1 N–H and O–H groups in total. The van der Waals surface area contributed by atoms with Crippen LogP contribution >= 0.6 is 23.1 Å². The summed E-state index contributed by atoms with van der Waals surface area (Å²) in [4.78, 5) is 31.6. The Kier molecular flexibility index (Phi) is 5.50. The van der Waals surface area contributed by atoms with Crippen LogP contribution in [-0.2, 0) is 16.8 Å². The quantitative estimate of drug-likeness (QED) is 0.659. The first kappa shape index (κ1) is 21.1. The van der Waals surface area contributed by atoms with Crippen molar-refractivity contribution in [2.75, 3.05) is 25.2 Å². The number of hydrogen-bond donors (Lipinski definition) is 1. The predicted molar refractivity (Wildman–Crippen MR) is 125 cm³/mol. The van der Waals surface area contributed by atoms with Crippen LogP contribution in [0, 0.1) is 0 Å². The Balaban J connectivity index is 1.68. The van der Waals surface area contributed by atoms with Gasteiger partial charge >= 0.3 is 0 Å². The molecule has 1 atom stereocenters. The summed E-state index contributed by atoms with van der Waals surface area (Å²) in [5.74, 6) is 0.325. The molecule has 1 aliphatic rings. The summed E-state index contributed by atoms with van der Waals surface area (Å²) >= 11 is 2.88. The fraction of sp³-hybridized carbons (Fsp3) is 0.409. The number of hydrogen-bond acceptors (Lipinski definition) is 6. The third-order valence-electron chi connectivity index (χ3n) is 5.39. The molecule has 2 aromatic heterocycles. The Morgan fingerprint density at radius 2 is 1.90 bits per heavy atom. The molecule has 6 nitrogen and oxygen atoms in total. The lowest BCUT2D eigenvalue weighted by atomic mass is 9.86. The number of thiophene rings is 1. The third kappa shape index (κ3) is 3.91. The lowest BCUT2D eigenvalue weighted by Gasteiger charge is -2.26. The van der Waals surface area contributed by atoms with Crippen LogP contribution in [-0.4, -0.2) is 40.2 Å². The summed E-state index contributed by atoms with van der Waals surface area (Å²) in [5, 5.41) is 2.86. The zero-order valence-electron chi connectivity index (χ0n) is 17.9. The van der Waals surface area contributed by atoms with Crippen molar-refractivity contribution in [3.63, 3.8) is 0 Å². The highest BCUT2D eigenvalue weighted by Gasteiger charge is 2.25. The molecule has 3 aromatic rings. The molecule has 4 rings (SSSR count). The molecular weight excluding hydrogens is 416 g/mol. The molecule has 0 fully saturated rings. The molecule has 1 aliphatic heterocycles. The van der Waals surface area contributed by atoms with Gasteiger partial charge in [0, 0.05) is 6.54 Å². The summed E-state index contributed by atoms with van der Waals surface area (Å²) in [6.45, 7) is 7.11. The highest BCUT2D eigenvalue weighted by atomic mass is 32.2. The smallest absolute Gasteiger partial charge is 0.271 e. The number of amides is 1. The lowest BCUT2D eigenvalue weighted by Crippen LogP contribution is -2.30. The number of rotatable bonds is 4. The maximum Gasteiger partial charge on any atom is 0.271 e. The van der Waals surface area contributed by atoms with Gasteiger partial charge in [-0.15, -0.1) is 23.1 Å². The molecule has 0 unspecified atom stereocenters. The predicted octanol–water partition coefficient (Wildman–Crippen LogP) is 4.10. The van der Waals surface area contributed by atoms with Crippen LogP contribution in [0.2, 0.25) is 0 Å². The first-order valence-corrected chi connectivity index (χ1v) is 11.7. The Hall–Kier alpha value is -2.16. The van der Waals surface area contributed by atoms with Gasteiger partial charge in [0.15, 0.2) is 0 Å². The van der Waals surface area contributed by atoms with E-state index in [2.05, 4.69) is 60.2 Å². The number of anilines is 1. The summed E-state index contributed by atoms with van der Waals surface area (Å²) in [6, 6.07) is 8.68. The highest BCUT2D eigenvalue weighted by Crippen LogP contribution is 2.42. The Morgan fingerprint density at radius 1 is 1.20 bits per heavy atom. The van der Waals surface area contributed by atoms with Crippen LogP contribution in [0.3, 0.4) is 0 Å². The number of benzene rings is 1. The lowest BCUT2D eigenvalue weighted by molar-refractivity contribution is -0.113. The van der Waals surface area contributed by atoms with Crippen LogP contribution in [0.15, 0.2) is 39.6 Å². The van der Waals surface area contributed by atoms with Crippen molar-refractivity contribution >= 4 is 44.9 Å². The number of carbonyl (C=O) groups is 1. The van der Waals surface area contributed by atoms with E-state index < -0.39 is 0 Å². The van der Waals surface area contributed by atoms with Gasteiger partial charge in [0.25, 0.3) is 5.56 Å². The van der Waals surface area contributed by atoms with Gasteiger partial charge in [-0.25, -0.2) is 4.98 Å². The molecule has 0 saturated heterocycles. The Morgan fingerprint density at radius 3 is 2.53 bits per heavy atom. The average molecular weight is 443 g/mol. The minimum Gasteiger partial charge on any atom is -0.322 e. The molecule has 8 heteroatoms. The van der Waals surface area contributed by atoms with E-state index in [0.29, 0.717) is 28.2 Å². The number of carbonyl (C=O) groups excluding carboxylic acids is 1. The van der Waals surface area contributed by atoms with E-state index >= 15 is 0 Å².